The third-order valence-corrected chi connectivity index (χ3v) is 9.92. The van der Waals surface area contributed by atoms with Crippen LogP contribution in [0.3, 0.4) is 0 Å². The summed E-state index contributed by atoms with van der Waals surface area (Å²) >= 11 is 3.34. The highest BCUT2D eigenvalue weighted by atomic mass is 32.1. The molecule has 5 rings (SSSR count). The first-order valence-corrected chi connectivity index (χ1v) is 13.2. The lowest BCUT2D eigenvalue weighted by atomic mass is 9.47. The fraction of sp³-hybridized carbons (Fsp3) is 0.520. The lowest BCUT2D eigenvalue weighted by molar-refractivity contribution is -0.144. The van der Waals surface area contributed by atoms with E-state index in [9.17, 15) is 15.0 Å². The second-order valence-corrected chi connectivity index (χ2v) is 11.8. The van der Waals surface area contributed by atoms with Gasteiger partial charge in [0.05, 0.1) is 31.2 Å². The number of aliphatic hydroxyl groups excluding tert-OH is 2. The predicted molar refractivity (Wildman–Crippen MR) is 129 cm³/mol. The number of aromatic nitrogens is 1. The van der Waals surface area contributed by atoms with Crippen LogP contribution in [-0.4, -0.2) is 33.8 Å². The van der Waals surface area contributed by atoms with Crippen molar-refractivity contribution in [2.75, 3.05) is 6.61 Å². The molecule has 0 bridgehead atoms. The zero-order valence-electron chi connectivity index (χ0n) is 18.9. The van der Waals surface area contributed by atoms with Crippen LogP contribution in [-0.2, 0) is 17.8 Å². The zero-order valence-corrected chi connectivity index (χ0v) is 20.5. The van der Waals surface area contributed by atoms with Gasteiger partial charge in [0.1, 0.15) is 10.8 Å². The van der Waals surface area contributed by atoms with Crippen molar-refractivity contribution < 1.29 is 19.4 Å². The number of nitrogens with one attached hydrogen (secondary N) is 1. The number of aliphatic hydroxyl groups is 2. The van der Waals surface area contributed by atoms with Gasteiger partial charge in [-0.3, -0.25) is 4.79 Å². The molecule has 0 aliphatic heterocycles. The molecule has 6 nitrogen and oxygen atoms in total. The predicted octanol–water partition coefficient (Wildman–Crippen LogP) is 4.59. The quantitative estimate of drug-likeness (QED) is 0.474. The van der Waals surface area contributed by atoms with Crippen LogP contribution in [0.4, 0.5) is 0 Å². The number of thiophene rings is 1. The summed E-state index contributed by atoms with van der Waals surface area (Å²) < 4.78 is 5.35. The fourth-order valence-electron chi connectivity index (χ4n) is 6.01. The number of carbonyl (C=O) groups excluding carboxylic acids is 1. The van der Waals surface area contributed by atoms with Gasteiger partial charge in [0.15, 0.2) is 0 Å². The van der Waals surface area contributed by atoms with Crippen molar-refractivity contribution in [3.8, 4) is 10.6 Å². The van der Waals surface area contributed by atoms with Crippen LogP contribution < -0.4 is 5.32 Å². The van der Waals surface area contributed by atoms with E-state index in [1.54, 1.807) is 28.9 Å². The second-order valence-electron chi connectivity index (χ2n) is 9.93. The maximum Gasteiger partial charge on any atom is 0.221 e. The fourth-order valence-corrected chi connectivity index (χ4v) is 7.89. The van der Waals surface area contributed by atoms with E-state index in [-0.39, 0.29) is 29.8 Å². The maximum absolute atomic E-state index is 13.1. The van der Waals surface area contributed by atoms with Crippen molar-refractivity contribution in [3.63, 3.8) is 0 Å². The molecular formula is C25H30N2O4S2. The third kappa shape index (κ3) is 3.87. The normalized spacial score (nSPS) is 31.1. The molecule has 8 heteroatoms. The molecule has 0 saturated heterocycles. The Kier molecular flexibility index (Phi) is 5.97. The summed E-state index contributed by atoms with van der Waals surface area (Å²) in [4.78, 5) is 19.3. The number of furan rings is 1. The van der Waals surface area contributed by atoms with E-state index in [1.807, 2.05) is 19.1 Å². The monoisotopic (exact) mass is 486 g/mol. The second kappa shape index (κ2) is 8.65. The summed E-state index contributed by atoms with van der Waals surface area (Å²) in [5.74, 6) is 0.666. The van der Waals surface area contributed by atoms with Gasteiger partial charge in [0.2, 0.25) is 5.91 Å². The molecule has 2 aliphatic rings. The minimum absolute atomic E-state index is 0.0360. The maximum atomic E-state index is 13.1. The smallest absolute Gasteiger partial charge is 0.221 e. The summed E-state index contributed by atoms with van der Waals surface area (Å²) in [5, 5.41) is 29.4. The van der Waals surface area contributed by atoms with Gasteiger partial charge in [0.25, 0.3) is 0 Å². The molecule has 1 saturated carbocycles. The molecule has 176 valence electrons. The van der Waals surface area contributed by atoms with Crippen LogP contribution in [0.15, 0.2) is 39.6 Å². The Morgan fingerprint density at radius 2 is 2.21 bits per heavy atom. The average Bonchev–Trinajstić information content (AvgIpc) is 3.57. The molecule has 5 atom stereocenters. The number of carbonyl (C=O) groups is 1. The molecular weight excluding hydrogens is 456 g/mol. The van der Waals surface area contributed by atoms with Crippen LogP contribution >= 0.6 is 22.7 Å². The van der Waals surface area contributed by atoms with Crippen LogP contribution in [0.5, 0.6) is 0 Å². The summed E-state index contributed by atoms with van der Waals surface area (Å²) in [6, 6.07) is 5.74. The highest BCUT2D eigenvalue weighted by Crippen LogP contribution is 2.62. The highest BCUT2D eigenvalue weighted by molar-refractivity contribution is 7.15. The van der Waals surface area contributed by atoms with E-state index in [0.717, 1.165) is 34.9 Å². The van der Waals surface area contributed by atoms with E-state index < -0.39 is 11.5 Å². The van der Waals surface area contributed by atoms with Gasteiger partial charge >= 0.3 is 0 Å². The molecule has 0 unspecified atom stereocenters. The number of hydrogen-bond acceptors (Lipinski definition) is 7. The lowest BCUT2D eigenvalue weighted by Gasteiger charge is -2.58. The van der Waals surface area contributed by atoms with E-state index in [4.69, 9.17) is 9.40 Å². The van der Waals surface area contributed by atoms with Crippen molar-refractivity contribution in [3.05, 3.63) is 51.6 Å². The first-order chi connectivity index (χ1) is 15.8. The van der Waals surface area contributed by atoms with Gasteiger partial charge < -0.3 is 19.9 Å². The average molecular weight is 487 g/mol. The van der Waals surface area contributed by atoms with Crippen LogP contribution in [0.2, 0.25) is 0 Å². The Labute approximate surface area is 201 Å². The lowest BCUT2D eigenvalue weighted by Crippen LogP contribution is -2.57. The number of fused-ring (bicyclic) bond motifs is 2. The van der Waals surface area contributed by atoms with Gasteiger partial charge in [-0.2, -0.15) is 11.3 Å². The minimum Gasteiger partial charge on any atom is -0.467 e. The molecule has 33 heavy (non-hydrogen) atoms. The Balaban J connectivity index is 1.51. The Bertz CT molecular complexity index is 1110. The van der Waals surface area contributed by atoms with Gasteiger partial charge in [-0.15, -0.1) is 11.3 Å². The summed E-state index contributed by atoms with van der Waals surface area (Å²) in [6.45, 7) is 4.52. The first-order valence-electron chi connectivity index (χ1n) is 11.5. The van der Waals surface area contributed by atoms with Crippen LogP contribution in [0.25, 0.3) is 10.6 Å². The zero-order chi connectivity index (χ0) is 23.2. The molecule has 2 aliphatic carbocycles. The van der Waals surface area contributed by atoms with Gasteiger partial charge in [-0.25, -0.2) is 4.98 Å². The molecule has 0 aromatic carbocycles. The number of thiazole rings is 1. The number of nitrogens with zero attached hydrogens (tertiary/aromatic N) is 1. The van der Waals surface area contributed by atoms with Crippen LogP contribution in [0.1, 0.15) is 55.4 Å². The van der Waals surface area contributed by atoms with E-state index in [2.05, 4.69) is 29.1 Å². The summed E-state index contributed by atoms with van der Waals surface area (Å²) in [7, 11) is 0. The van der Waals surface area contributed by atoms with Crippen molar-refractivity contribution in [1.82, 2.24) is 10.3 Å². The highest BCUT2D eigenvalue weighted by Gasteiger charge is 2.59. The van der Waals surface area contributed by atoms with E-state index >= 15 is 0 Å². The van der Waals surface area contributed by atoms with E-state index in [1.165, 1.54) is 4.88 Å². The van der Waals surface area contributed by atoms with Crippen molar-refractivity contribution in [2.24, 2.45) is 16.7 Å². The van der Waals surface area contributed by atoms with Crippen molar-refractivity contribution >= 4 is 28.6 Å². The van der Waals surface area contributed by atoms with Crippen LogP contribution in [0, 0.1) is 16.7 Å². The molecule has 1 amide bonds. The molecule has 0 radical (unpaired) electrons. The third-order valence-electron chi connectivity index (χ3n) is 8.09. The molecule has 0 spiro atoms. The summed E-state index contributed by atoms with van der Waals surface area (Å²) in [5.41, 5.74) is 1.27. The molecule has 1 fully saturated rings. The Morgan fingerprint density at radius 1 is 1.36 bits per heavy atom. The van der Waals surface area contributed by atoms with Crippen molar-refractivity contribution in [1.29, 1.82) is 0 Å². The Hall–Kier alpha value is -2.00. The molecule has 3 aromatic rings. The number of hydrogen-bond donors (Lipinski definition) is 3. The topological polar surface area (TPSA) is 95.6 Å². The first kappa shape index (κ1) is 22.8. The number of amides is 1. The van der Waals surface area contributed by atoms with Gasteiger partial charge in [-0.05, 0) is 54.2 Å². The SMILES string of the molecule is C[C@]1(CO)[C@H]2Cc3sc(-c4ccsc4)nc3[C@@H](CC(=O)NCc3ccco3)[C@]2(C)CC[C@H]1O. The van der Waals surface area contributed by atoms with E-state index in [0.29, 0.717) is 19.4 Å². The van der Waals surface area contributed by atoms with Gasteiger partial charge in [0, 0.05) is 33.6 Å². The minimum atomic E-state index is -0.611. The Morgan fingerprint density at radius 3 is 2.91 bits per heavy atom. The molecule has 3 N–H and O–H groups in total. The molecule has 3 heterocycles. The number of rotatable bonds is 6. The van der Waals surface area contributed by atoms with Gasteiger partial charge in [-0.1, -0.05) is 13.8 Å². The largest absolute Gasteiger partial charge is 0.467 e. The van der Waals surface area contributed by atoms with Crippen molar-refractivity contribution in [2.45, 2.75) is 58.1 Å². The summed E-state index contributed by atoms with van der Waals surface area (Å²) in [6.07, 6.45) is 3.56. The molecule has 3 aromatic heterocycles. The standard InChI is InChI=1S/C25H30N2O4S2/c1-24-7-5-20(29)25(2,14-28)19(24)11-18-22(27-23(33-18)15-6-9-32-13-15)17(24)10-21(30)26-12-16-4-3-8-31-16/h3-4,6,8-9,13,17,19-20,28-29H,5,7,10-12,14H2,1-2H3,(H,26,30)/t17-,19+,20-,24+,25+/m1/s1.